The molecule has 4 heterocycles. The van der Waals surface area contributed by atoms with E-state index in [1.165, 1.54) is 13.2 Å². The SMILES string of the molecule is COC(=O)N[C@@H]1[C@H](N)CN(c2ccncc2Cc2ncc3ccc(-c4c(F)cc(OCCO)cc4F)nn23)C[C@@H]1C. The molecule has 4 aromatic rings. The lowest BCUT2D eigenvalue weighted by atomic mass is 9.89. The number of methoxy groups -OCH3 is 1. The molecule has 3 aromatic heterocycles. The number of alkyl carbamates (subject to hydrolysis) is 1. The van der Waals surface area contributed by atoms with Crippen molar-refractivity contribution < 1.29 is 28.2 Å². The van der Waals surface area contributed by atoms with Crippen LogP contribution >= 0.6 is 0 Å². The topological polar surface area (TPSA) is 140 Å². The fourth-order valence-corrected chi connectivity index (χ4v) is 5.23. The van der Waals surface area contributed by atoms with Crippen LogP contribution in [0.15, 0.2) is 48.9 Å². The number of aliphatic hydroxyl groups excluding tert-OH is 1. The van der Waals surface area contributed by atoms with Gasteiger partial charge in [0.05, 0.1) is 42.7 Å². The van der Waals surface area contributed by atoms with E-state index in [-0.39, 0.29) is 48.2 Å². The Balaban J connectivity index is 1.42. The number of hydrogen-bond donors (Lipinski definition) is 3. The van der Waals surface area contributed by atoms with Crippen LogP contribution in [0.1, 0.15) is 18.3 Å². The van der Waals surface area contributed by atoms with Gasteiger partial charge < -0.3 is 30.5 Å². The first-order valence-corrected chi connectivity index (χ1v) is 13.1. The van der Waals surface area contributed by atoms with Gasteiger partial charge in [0.15, 0.2) is 0 Å². The van der Waals surface area contributed by atoms with E-state index in [1.54, 1.807) is 29.2 Å². The maximum Gasteiger partial charge on any atom is 0.407 e. The molecule has 0 aliphatic carbocycles. The number of rotatable bonds is 8. The number of imidazole rings is 1. The molecule has 0 spiro atoms. The average Bonchev–Trinajstić information content (AvgIpc) is 3.35. The van der Waals surface area contributed by atoms with Crippen molar-refractivity contribution in [3.63, 3.8) is 0 Å². The van der Waals surface area contributed by atoms with Gasteiger partial charge in [0.1, 0.15) is 29.8 Å². The standard InChI is InChI=1S/C28H31F2N7O4/c1-16-14-36(15-22(31)27(16)34-28(39)40-2)24-5-6-32-12-17(24)9-25-33-13-18-3-4-23(35-37(18)25)26-20(29)10-19(11-21(26)30)41-8-7-38/h3-6,10-13,16,22,27,38H,7-9,14-15,31H2,1-2H3,(H,34,39)/t16-,22+,27-/m0/s1. The van der Waals surface area contributed by atoms with Crippen LogP contribution in [0.3, 0.4) is 0 Å². The predicted molar refractivity (Wildman–Crippen MR) is 147 cm³/mol. The monoisotopic (exact) mass is 567 g/mol. The van der Waals surface area contributed by atoms with Crippen LogP contribution in [0, 0.1) is 17.6 Å². The first-order valence-electron chi connectivity index (χ1n) is 13.1. The van der Waals surface area contributed by atoms with Crippen molar-refractivity contribution in [2.75, 3.05) is 38.3 Å². The molecule has 5 rings (SSSR count). The normalized spacial score (nSPS) is 18.9. The number of aromatic nitrogens is 4. The number of aliphatic hydroxyl groups is 1. The van der Waals surface area contributed by atoms with Crippen molar-refractivity contribution in [2.24, 2.45) is 11.7 Å². The van der Waals surface area contributed by atoms with Gasteiger partial charge in [-0.25, -0.2) is 23.1 Å². The number of halogens is 2. The second kappa shape index (κ2) is 12.0. The molecule has 11 nitrogen and oxygen atoms in total. The highest BCUT2D eigenvalue weighted by molar-refractivity contribution is 5.68. The highest BCUT2D eigenvalue weighted by Crippen LogP contribution is 2.30. The number of carbonyl (C=O) groups excluding carboxylic acids is 1. The number of anilines is 1. The van der Waals surface area contributed by atoms with E-state index in [1.807, 2.05) is 13.0 Å². The molecule has 4 N–H and O–H groups in total. The number of amides is 1. The van der Waals surface area contributed by atoms with E-state index in [9.17, 15) is 13.6 Å². The van der Waals surface area contributed by atoms with Crippen LogP contribution in [0.25, 0.3) is 16.8 Å². The lowest BCUT2D eigenvalue weighted by Crippen LogP contribution is -2.62. The highest BCUT2D eigenvalue weighted by atomic mass is 19.1. The molecule has 0 unspecified atom stereocenters. The van der Waals surface area contributed by atoms with Crippen LogP contribution < -0.4 is 20.7 Å². The summed E-state index contributed by atoms with van der Waals surface area (Å²) in [6.45, 7) is 2.80. The van der Waals surface area contributed by atoms with Gasteiger partial charge in [0.25, 0.3) is 0 Å². The minimum atomic E-state index is -0.837. The molecule has 1 aromatic carbocycles. The van der Waals surface area contributed by atoms with Gasteiger partial charge in [-0.1, -0.05) is 6.92 Å². The van der Waals surface area contributed by atoms with E-state index < -0.39 is 17.7 Å². The van der Waals surface area contributed by atoms with Crippen LogP contribution in [-0.2, 0) is 11.2 Å². The van der Waals surface area contributed by atoms with Gasteiger partial charge in [0.2, 0.25) is 0 Å². The van der Waals surface area contributed by atoms with E-state index in [2.05, 4.69) is 25.3 Å². The molecule has 0 radical (unpaired) electrons. The summed E-state index contributed by atoms with van der Waals surface area (Å²) in [5, 5.41) is 16.3. The molecule has 41 heavy (non-hydrogen) atoms. The molecule has 216 valence electrons. The summed E-state index contributed by atoms with van der Waals surface area (Å²) in [4.78, 5) is 22.8. The number of carbonyl (C=O) groups is 1. The molecule has 1 aliphatic rings. The number of pyridine rings is 1. The fourth-order valence-electron chi connectivity index (χ4n) is 5.23. The fraction of sp³-hybridized carbons (Fsp3) is 0.357. The first-order chi connectivity index (χ1) is 19.8. The molecule has 13 heteroatoms. The molecule has 3 atom stereocenters. The lowest BCUT2D eigenvalue weighted by Gasteiger charge is -2.42. The van der Waals surface area contributed by atoms with Crippen LogP contribution in [0.2, 0.25) is 0 Å². The zero-order valence-electron chi connectivity index (χ0n) is 22.6. The van der Waals surface area contributed by atoms with Crippen molar-refractivity contribution in [2.45, 2.75) is 25.4 Å². The Kier molecular flexibility index (Phi) is 8.26. The Morgan fingerprint density at radius 3 is 2.68 bits per heavy atom. The third kappa shape index (κ3) is 5.91. The summed E-state index contributed by atoms with van der Waals surface area (Å²) in [5.74, 6) is -1.10. The smallest absolute Gasteiger partial charge is 0.407 e. The molecule has 1 amide bonds. The minimum absolute atomic E-state index is 0.0227. The molecule has 1 aliphatic heterocycles. The van der Waals surface area contributed by atoms with Gasteiger partial charge >= 0.3 is 6.09 Å². The largest absolute Gasteiger partial charge is 0.491 e. The molecule has 0 saturated carbocycles. The van der Waals surface area contributed by atoms with E-state index in [0.29, 0.717) is 30.9 Å². The van der Waals surface area contributed by atoms with Gasteiger partial charge in [-0.3, -0.25) is 4.98 Å². The van der Waals surface area contributed by atoms with Crippen LogP contribution in [-0.4, -0.2) is 76.3 Å². The van der Waals surface area contributed by atoms with Crippen molar-refractivity contribution in [1.82, 2.24) is 24.9 Å². The van der Waals surface area contributed by atoms with E-state index in [4.69, 9.17) is 20.3 Å². The van der Waals surface area contributed by atoms with Crippen LogP contribution in [0.5, 0.6) is 5.75 Å². The average molecular weight is 568 g/mol. The van der Waals surface area contributed by atoms with E-state index >= 15 is 0 Å². The van der Waals surface area contributed by atoms with Crippen molar-refractivity contribution in [1.29, 1.82) is 0 Å². The van der Waals surface area contributed by atoms with Crippen molar-refractivity contribution >= 4 is 17.3 Å². The van der Waals surface area contributed by atoms with Gasteiger partial charge in [-0.15, -0.1) is 0 Å². The summed E-state index contributed by atoms with van der Waals surface area (Å²) in [6, 6.07) is 6.68. The van der Waals surface area contributed by atoms with Crippen molar-refractivity contribution in [3.8, 4) is 17.0 Å². The number of nitrogens with two attached hydrogens (primary N) is 1. The summed E-state index contributed by atoms with van der Waals surface area (Å²) in [7, 11) is 1.32. The van der Waals surface area contributed by atoms with Gasteiger partial charge in [0, 0.05) is 61.3 Å². The summed E-state index contributed by atoms with van der Waals surface area (Å²) >= 11 is 0. The number of hydrogen-bond acceptors (Lipinski definition) is 9. The number of fused-ring (bicyclic) bond motifs is 1. The summed E-state index contributed by atoms with van der Waals surface area (Å²) < 4.78 is 41.3. The predicted octanol–water partition coefficient (Wildman–Crippen LogP) is 2.54. The summed E-state index contributed by atoms with van der Waals surface area (Å²) in [5.41, 5.74) is 8.69. The lowest BCUT2D eigenvalue weighted by molar-refractivity contribution is 0.156. The highest BCUT2D eigenvalue weighted by Gasteiger charge is 2.34. The number of ether oxygens (including phenoxy) is 2. The maximum atomic E-state index is 14.9. The third-order valence-corrected chi connectivity index (χ3v) is 7.14. The Morgan fingerprint density at radius 1 is 1.20 bits per heavy atom. The number of nitrogens with one attached hydrogen (secondary N) is 1. The molecular formula is C28H31F2N7O4. The Labute approximate surface area is 234 Å². The minimum Gasteiger partial charge on any atom is -0.491 e. The maximum absolute atomic E-state index is 14.9. The first kappa shape index (κ1) is 28.2. The number of nitrogens with zero attached hydrogens (tertiary/aromatic N) is 5. The molecular weight excluding hydrogens is 536 g/mol. The quantitative estimate of drug-likeness (QED) is 0.293. The molecule has 1 saturated heterocycles. The van der Waals surface area contributed by atoms with Crippen LogP contribution in [0.4, 0.5) is 19.3 Å². The number of piperidine rings is 1. The molecule has 1 fully saturated rings. The Bertz CT molecular complexity index is 1510. The molecule has 0 bridgehead atoms. The third-order valence-electron chi connectivity index (χ3n) is 7.14. The zero-order valence-corrected chi connectivity index (χ0v) is 22.6. The van der Waals surface area contributed by atoms with E-state index in [0.717, 1.165) is 23.4 Å². The Morgan fingerprint density at radius 2 is 1.98 bits per heavy atom. The van der Waals surface area contributed by atoms with Crippen molar-refractivity contribution in [3.05, 3.63) is 71.9 Å². The second-order valence-electron chi connectivity index (χ2n) is 9.95. The summed E-state index contributed by atoms with van der Waals surface area (Å²) in [6.07, 6.45) is 4.92. The van der Waals surface area contributed by atoms with Gasteiger partial charge in [-0.2, -0.15) is 5.10 Å². The second-order valence-corrected chi connectivity index (χ2v) is 9.95. The van der Waals surface area contributed by atoms with Gasteiger partial charge in [-0.05, 0) is 24.1 Å². The Hall–Kier alpha value is -4.36. The number of benzene rings is 1. The zero-order chi connectivity index (χ0) is 29.1.